The Hall–Kier alpha value is -4.14. The van der Waals surface area contributed by atoms with Crippen LogP contribution in [0.2, 0.25) is 0 Å². The molecule has 9 nitrogen and oxygen atoms in total. The Morgan fingerprint density at radius 1 is 1.06 bits per heavy atom. The molecule has 34 heavy (non-hydrogen) atoms. The largest absolute Gasteiger partial charge is 0.480 e. The lowest BCUT2D eigenvalue weighted by Crippen LogP contribution is -2.39. The average Bonchev–Trinajstić information content (AvgIpc) is 3.50. The van der Waals surface area contributed by atoms with Crippen molar-refractivity contribution in [2.24, 2.45) is 0 Å². The van der Waals surface area contributed by atoms with Gasteiger partial charge < -0.3 is 14.7 Å². The predicted octanol–water partition coefficient (Wildman–Crippen LogP) is 3.32. The number of hydrogen-bond donors (Lipinski definition) is 2. The van der Waals surface area contributed by atoms with E-state index in [1.807, 2.05) is 24.3 Å². The highest BCUT2D eigenvalue weighted by Crippen LogP contribution is 2.44. The number of aromatic nitrogens is 2. The van der Waals surface area contributed by atoms with E-state index in [1.54, 1.807) is 0 Å². The van der Waals surface area contributed by atoms with Crippen LogP contribution in [0.3, 0.4) is 0 Å². The maximum atomic E-state index is 12.5. The van der Waals surface area contributed by atoms with E-state index in [9.17, 15) is 14.4 Å². The van der Waals surface area contributed by atoms with Crippen molar-refractivity contribution in [2.45, 2.75) is 31.3 Å². The fourth-order valence-corrected chi connectivity index (χ4v) is 4.45. The number of amides is 2. The Labute approximate surface area is 195 Å². The van der Waals surface area contributed by atoms with Crippen LogP contribution in [0.15, 0.2) is 60.9 Å². The molecule has 5 rings (SSSR count). The molecule has 1 aromatic heterocycles. The molecule has 1 fully saturated rings. The van der Waals surface area contributed by atoms with E-state index < -0.39 is 12.1 Å². The van der Waals surface area contributed by atoms with Gasteiger partial charge in [-0.15, -0.1) is 0 Å². The van der Waals surface area contributed by atoms with Gasteiger partial charge in [0.2, 0.25) is 5.91 Å². The van der Waals surface area contributed by atoms with Gasteiger partial charge in [0, 0.05) is 18.2 Å². The highest BCUT2D eigenvalue weighted by molar-refractivity contribution is 5.85. The van der Waals surface area contributed by atoms with Gasteiger partial charge in [-0.1, -0.05) is 48.5 Å². The first-order chi connectivity index (χ1) is 16.5. The minimum absolute atomic E-state index is 0.0161. The Kier molecular flexibility index (Phi) is 5.75. The van der Waals surface area contributed by atoms with E-state index in [0.29, 0.717) is 5.69 Å². The first-order valence-electron chi connectivity index (χ1n) is 11.2. The summed E-state index contributed by atoms with van der Waals surface area (Å²) in [7, 11) is 0. The van der Waals surface area contributed by atoms with Crippen LogP contribution < -0.4 is 5.32 Å². The van der Waals surface area contributed by atoms with Crippen molar-refractivity contribution in [3.8, 4) is 11.1 Å². The fourth-order valence-electron chi connectivity index (χ4n) is 4.45. The van der Waals surface area contributed by atoms with Crippen LogP contribution in [0, 0.1) is 0 Å². The summed E-state index contributed by atoms with van der Waals surface area (Å²) in [5.74, 6) is -1.40. The molecular formula is C25H24N4O5. The molecule has 0 saturated heterocycles. The third-order valence-corrected chi connectivity index (χ3v) is 6.13. The van der Waals surface area contributed by atoms with Crippen molar-refractivity contribution in [3.05, 3.63) is 72.1 Å². The summed E-state index contributed by atoms with van der Waals surface area (Å²) in [6.45, 7) is -0.232. The monoisotopic (exact) mass is 460 g/mol. The van der Waals surface area contributed by atoms with Crippen LogP contribution in [-0.2, 0) is 20.9 Å². The predicted molar refractivity (Wildman–Crippen MR) is 123 cm³/mol. The number of aliphatic carboxylic acids is 1. The van der Waals surface area contributed by atoms with Crippen molar-refractivity contribution in [1.82, 2.24) is 14.7 Å². The first kappa shape index (κ1) is 21.7. The maximum absolute atomic E-state index is 12.5. The lowest BCUT2D eigenvalue weighted by atomic mass is 9.98. The van der Waals surface area contributed by atoms with E-state index >= 15 is 0 Å². The summed E-state index contributed by atoms with van der Waals surface area (Å²) in [5, 5.41) is 15.8. The van der Waals surface area contributed by atoms with Gasteiger partial charge in [-0.3, -0.25) is 19.6 Å². The van der Waals surface area contributed by atoms with Crippen LogP contribution in [0.1, 0.15) is 29.9 Å². The maximum Gasteiger partial charge on any atom is 0.411 e. The lowest BCUT2D eigenvalue weighted by molar-refractivity contribution is -0.145. The Morgan fingerprint density at radius 3 is 2.32 bits per heavy atom. The van der Waals surface area contributed by atoms with Gasteiger partial charge in [0.1, 0.15) is 19.7 Å². The Bertz CT molecular complexity index is 1200. The third kappa shape index (κ3) is 4.50. The molecule has 2 aliphatic rings. The number of fused-ring (bicyclic) bond motifs is 3. The average molecular weight is 460 g/mol. The summed E-state index contributed by atoms with van der Waals surface area (Å²) in [6, 6.07) is 16.2. The molecule has 2 aliphatic carbocycles. The molecule has 0 spiro atoms. The number of carboxylic acids is 1. The van der Waals surface area contributed by atoms with Crippen molar-refractivity contribution in [2.75, 3.05) is 18.5 Å². The van der Waals surface area contributed by atoms with E-state index in [2.05, 4.69) is 34.7 Å². The number of ether oxygens (including phenoxy) is 1. The Morgan fingerprint density at radius 2 is 1.71 bits per heavy atom. The van der Waals surface area contributed by atoms with Gasteiger partial charge in [0.25, 0.3) is 0 Å². The zero-order valence-corrected chi connectivity index (χ0v) is 18.4. The van der Waals surface area contributed by atoms with Crippen LogP contribution in [0.25, 0.3) is 11.1 Å². The fraction of sp³-hybridized carbons (Fsp3) is 0.280. The van der Waals surface area contributed by atoms with Crippen molar-refractivity contribution in [3.63, 3.8) is 0 Å². The third-order valence-electron chi connectivity index (χ3n) is 6.13. The number of carbonyl (C=O) groups is 3. The van der Waals surface area contributed by atoms with E-state index in [0.717, 1.165) is 35.1 Å². The van der Waals surface area contributed by atoms with Crippen LogP contribution in [-0.4, -0.2) is 57.0 Å². The minimum atomic E-state index is -1.04. The van der Waals surface area contributed by atoms with Gasteiger partial charge in [0.15, 0.2) is 0 Å². The number of nitrogens with one attached hydrogen (secondary N) is 1. The van der Waals surface area contributed by atoms with Crippen LogP contribution >= 0.6 is 0 Å². The van der Waals surface area contributed by atoms with Crippen molar-refractivity contribution in [1.29, 1.82) is 0 Å². The molecule has 2 amide bonds. The summed E-state index contributed by atoms with van der Waals surface area (Å²) in [5.41, 5.74) is 4.96. The van der Waals surface area contributed by atoms with Gasteiger partial charge >= 0.3 is 12.1 Å². The summed E-state index contributed by atoms with van der Waals surface area (Å²) in [6.07, 6.45) is 3.95. The number of nitrogens with zero attached hydrogens (tertiary/aromatic N) is 3. The molecule has 2 N–H and O–H groups in total. The molecular weight excluding hydrogens is 436 g/mol. The smallest absolute Gasteiger partial charge is 0.411 e. The second kappa shape index (κ2) is 9.01. The molecule has 0 radical (unpaired) electrons. The topological polar surface area (TPSA) is 114 Å². The summed E-state index contributed by atoms with van der Waals surface area (Å²) in [4.78, 5) is 37.3. The van der Waals surface area contributed by atoms with E-state index in [-0.39, 0.29) is 37.6 Å². The second-order valence-electron chi connectivity index (χ2n) is 8.52. The molecule has 2 aromatic carbocycles. The number of anilines is 1. The summed E-state index contributed by atoms with van der Waals surface area (Å²) >= 11 is 0. The summed E-state index contributed by atoms with van der Waals surface area (Å²) < 4.78 is 6.90. The standard InChI is InChI=1S/C25H24N4O5/c30-23(29(14-24(31)32)17-9-10-17)13-28-12-16(11-26-28)27-25(33)34-15-22-20-7-3-1-5-18(20)19-6-2-4-8-21(19)22/h1-8,11-12,17,22H,9-10,13-15H2,(H,27,33)(H,31,32). The lowest BCUT2D eigenvalue weighted by Gasteiger charge is -2.19. The molecule has 174 valence electrons. The van der Waals surface area contributed by atoms with Crippen molar-refractivity contribution >= 4 is 23.7 Å². The Balaban J connectivity index is 1.18. The van der Waals surface area contributed by atoms with Gasteiger partial charge in [-0.05, 0) is 35.1 Å². The van der Waals surface area contributed by atoms with Gasteiger partial charge in [-0.25, -0.2) is 4.79 Å². The molecule has 0 atom stereocenters. The second-order valence-corrected chi connectivity index (χ2v) is 8.52. The van der Waals surface area contributed by atoms with Gasteiger partial charge in [0.05, 0.1) is 11.9 Å². The first-order valence-corrected chi connectivity index (χ1v) is 11.2. The van der Waals surface area contributed by atoms with Gasteiger partial charge in [-0.2, -0.15) is 5.10 Å². The zero-order chi connectivity index (χ0) is 23.7. The highest BCUT2D eigenvalue weighted by atomic mass is 16.5. The van der Waals surface area contributed by atoms with Crippen LogP contribution in [0.5, 0.6) is 0 Å². The molecule has 1 saturated carbocycles. The van der Waals surface area contributed by atoms with E-state index in [4.69, 9.17) is 9.84 Å². The number of hydrogen-bond acceptors (Lipinski definition) is 5. The number of rotatable bonds is 8. The molecule has 1 heterocycles. The SMILES string of the molecule is O=C(O)CN(C(=O)Cn1cc(NC(=O)OCC2c3ccccc3-c3ccccc32)cn1)C1CC1. The highest BCUT2D eigenvalue weighted by Gasteiger charge is 2.34. The number of carbonyl (C=O) groups excluding carboxylic acids is 2. The molecule has 0 unspecified atom stereocenters. The molecule has 0 aliphatic heterocycles. The quantitative estimate of drug-likeness (QED) is 0.533. The zero-order valence-electron chi connectivity index (χ0n) is 18.4. The minimum Gasteiger partial charge on any atom is -0.480 e. The molecule has 0 bridgehead atoms. The number of carboxylic acid groups (broad SMARTS) is 1. The van der Waals surface area contributed by atoms with Crippen LogP contribution in [0.4, 0.5) is 10.5 Å². The number of benzene rings is 2. The molecule has 9 heteroatoms. The molecule has 3 aromatic rings. The van der Waals surface area contributed by atoms with Crippen molar-refractivity contribution < 1.29 is 24.2 Å². The van der Waals surface area contributed by atoms with E-state index in [1.165, 1.54) is 22.0 Å². The normalized spacial score (nSPS) is 14.2.